The number of nitrogens with zero attached hydrogens (tertiary/aromatic N) is 2. The fourth-order valence-corrected chi connectivity index (χ4v) is 6.24. The van der Waals surface area contributed by atoms with Crippen LogP contribution in [0, 0.1) is 5.92 Å². The van der Waals surface area contributed by atoms with Gasteiger partial charge in [0.25, 0.3) is 0 Å². The number of benzene rings is 2. The maximum absolute atomic E-state index is 14.1. The third-order valence-corrected chi connectivity index (χ3v) is 8.20. The molecule has 2 aromatic rings. The van der Waals surface area contributed by atoms with Crippen LogP contribution in [0.2, 0.25) is 0 Å². The summed E-state index contributed by atoms with van der Waals surface area (Å²) in [7, 11) is 2.23. The number of nitrogens with one attached hydrogen (secondary N) is 1. The second-order valence-corrected chi connectivity index (χ2v) is 11.6. The Bertz CT molecular complexity index is 1070. The molecule has 2 amide bonds. The first-order valence-corrected chi connectivity index (χ1v) is 13.7. The van der Waals surface area contributed by atoms with Crippen LogP contribution in [-0.2, 0) is 21.5 Å². The quantitative estimate of drug-likeness (QED) is 0.577. The number of alkyl carbamates (subject to hydrolysis) is 1. The Hall–Kier alpha value is -2.86. The first kappa shape index (κ1) is 27.2. The highest BCUT2D eigenvalue weighted by atomic mass is 16.6. The van der Waals surface area contributed by atoms with Crippen LogP contribution in [0.4, 0.5) is 4.79 Å². The molecule has 6 nitrogen and oxygen atoms in total. The Morgan fingerprint density at radius 2 is 1.65 bits per heavy atom. The Balaban J connectivity index is 1.53. The number of fused-ring (bicyclic) bond motifs is 2. The third kappa shape index (κ3) is 6.01. The van der Waals surface area contributed by atoms with E-state index >= 15 is 0 Å². The summed E-state index contributed by atoms with van der Waals surface area (Å²) in [6.07, 6.45) is 3.24. The van der Waals surface area contributed by atoms with Gasteiger partial charge in [0.05, 0.1) is 5.92 Å². The van der Waals surface area contributed by atoms with E-state index in [2.05, 4.69) is 60.6 Å². The van der Waals surface area contributed by atoms with Crippen molar-refractivity contribution in [3.05, 3.63) is 71.3 Å². The molecule has 200 valence electrons. The number of piperidine rings is 1. The number of likely N-dealkylation sites (tertiary alicyclic amines) is 1. The van der Waals surface area contributed by atoms with Crippen LogP contribution in [0.3, 0.4) is 0 Å². The van der Waals surface area contributed by atoms with Gasteiger partial charge in [0.1, 0.15) is 5.60 Å². The molecule has 1 spiro atoms. The van der Waals surface area contributed by atoms with Crippen molar-refractivity contribution in [1.29, 1.82) is 0 Å². The lowest BCUT2D eigenvalue weighted by atomic mass is 9.74. The number of likely N-dealkylation sites (N-methyl/N-ethyl adjacent to an activating group) is 1. The highest BCUT2D eigenvalue weighted by Crippen LogP contribution is 2.43. The summed E-state index contributed by atoms with van der Waals surface area (Å²) in [6.45, 7) is 10.4. The van der Waals surface area contributed by atoms with Crippen molar-refractivity contribution in [2.45, 2.75) is 70.4 Å². The van der Waals surface area contributed by atoms with E-state index in [1.165, 1.54) is 11.1 Å². The molecule has 0 saturated carbocycles. The largest absolute Gasteiger partial charge is 0.444 e. The van der Waals surface area contributed by atoms with E-state index in [9.17, 15) is 9.59 Å². The summed E-state index contributed by atoms with van der Waals surface area (Å²) >= 11 is 0. The molecule has 1 N–H and O–H groups in total. The van der Waals surface area contributed by atoms with Crippen LogP contribution in [0.5, 0.6) is 0 Å². The Morgan fingerprint density at radius 3 is 2.30 bits per heavy atom. The van der Waals surface area contributed by atoms with Crippen molar-refractivity contribution in [3.8, 4) is 0 Å². The number of carbonyl (C=O) groups excluding carboxylic acids is 2. The van der Waals surface area contributed by atoms with E-state index in [0.29, 0.717) is 13.1 Å². The number of hydrogen-bond acceptors (Lipinski definition) is 4. The van der Waals surface area contributed by atoms with Crippen molar-refractivity contribution in [3.63, 3.8) is 0 Å². The summed E-state index contributed by atoms with van der Waals surface area (Å²) in [6, 6.07) is 19.0. The van der Waals surface area contributed by atoms with Gasteiger partial charge in [-0.05, 0) is 76.1 Å². The molecule has 4 rings (SSSR count). The molecular formula is C31H43N3O3. The molecule has 0 radical (unpaired) electrons. The van der Waals surface area contributed by atoms with Crippen LogP contribution in [-0.4, -0.2) is 60.6 Å². The zero-order valence-electron chi connectivity index (χ0n) is 23.1. The monoisotopic (exact) mass is 505 g/mol. The van der Waals surface area contributed by atoms with Crippen molar-refractivity contribution >= 4 is 12.0 Å². The summed E-state index contributed by atoms with van der Waals surface area (Å²) < 4.78 is 5.47. The van der Waals surface area contributed by atoms with Crippen molar-refractivity contribution < 1.29 is 14.3 Å². The maximum Gasteiger partial charge on any atom is 0.407 e. The average molecular weight is 506 g/mol. The van der Waals surface area contributed by atoms with Crippen molar-refractivity contribution in [2.24, 2.45) is 5.92 Å². The molecule has 1 saturated heterocycles. The molecular weight excluding hydrogens is 462 g/mol. The molecule has 0 aromatic heterocycles. The summed E-state index contributed by atoms with van der Waals surface area (Å²) in [5, 5.41) is 2.90. The van der Waals surface area contributed by atoms with Crippen molar-refractivity contribution in [2.75, 3.05) is 33.2 Å². The molecule has 0 aliphatic carbocycles. The number of ether oxygens (including phenoxy) is 1. The standard InChI is InChI=1S/C31H43N3O3/c1-6-25(23-12-8-7-9-13-23)26(22-32-29(36)37-30(2,3)4)28(35)34-20-17-31(18-21-34)27-15-11-10-14-24(27)16-19-33(31)5/h7-15,25-26H,6,16-22H2,1-5H3,(H,32,36)/t25-,26+/m0/s1. The smallest absolute Gasteiger partial charge is 0.407 e. The molecule has 2 aliphatic rings. The minimum Gasteiger partial charge on any atom is -0.444 e. The van der Waals surface area contributed by atoms with E-state index in [4.69, 9.17) is 4.74 Å². The summed E-state index contributed by atoms with van der Waals surface area (Å²) in [5.74, 6) is -0.226. The van der Waals surface area contributed by atoms with E-state index in [1.807, 2.05) is 43.9 Å². The number of rotatable bonds is 6. The fourth-order valence-electron chi connectivity index (χ4n) is 6.24. The maximum atomic E-state index is 14.1. The molecule has 6 heteroatoms. The second kappa shape index (κ2) is 11.3. The summed E-state index contributed by atoms with van der Waals surface area (Å²) in [5.41, 5.74) is 3.39. The minimum atomic E-state index is -0.587. The van der Waals surface area contributed by atoms with Gasteiger partial charge in [-0.2, -0.15) is 0 Å². The molecule has 1 fully saturated rings. The van der Waals surface area contributed by atoms with Crippen LogP contribution >= 0.6 is 0 Å². The molecule has 2 atom stereocenters. The Kier molecular flexibility index (Phi) is 8.27. The normalized spacial score (nSPS) is 19.1. The first-order chi connectivity index (χ1) is 17.6. The molecule has 2 heterocycles. The summed E-state index contributed by atoms with van der Waals surface area (Å²) in [4.78, 5) is 31.1. The molecule has 37 heavy (non-hydrogen) atoms. The van der Waals surface area contributed by atoms with E-state index in [-0.39, 0.29) is 29.8 Å². The van der Waals surface area contributed by atoms with Gasteiger partial charge in [0.2, 0.25) is 5.91 Å². The number of hydrogen-bond donors (Lipinski definition) is 1. The Labute approximate surface area is 222 Å². The lowest BCUT2D eigenvalue weighted by Gasteiger charge is -2.51. The molecule has 2 aliphatic heterocycles. The highest BCUT2D eigenvalue weighted by Gasteiger charge is 2.45. The van der Waals surface area contributed by atoms with Gasteiger partial charge >= 0.3 is 6.09 Å². The van der Waals surface area contributed by atoms with Gasteiger partial charge in [-0.1, -0.05) is 61.5 Å². The number of carbonyl (C=O) groups is 2. The van der Waals surface area contributed by atoms with Gasteiger partial charge in [-0.25, -0.2) is 4.79 Å². The average Bonchev–Trinajstić information content (AvgIpc) is 2.88. The van der Waals surface area contributed by atoms with Gasteiger partial charge in [0, 0.05) is 31.7 Å². The zero-order chi connectivity index (χ0) is 26.6. The van der Waals surface area contributed by atoms with Gasteiger partial charge in [-0.15, -0.1) is 0 Å². The molecule has 2 aromatic carbocycles. The van der Waals surface area contributed by atoms with Crippen LogP contribution < -0.4 is 5.32 Å². The second-order valence-electron chi connectivity index (χ2n) is 11.6. The Morgan fingerprint density at radius 1 is 1.00 bits per heavy atom. The van der Waals surface area contributed by atoms with Crippen LogP contribution in [0.25, 0.3) is 0 Å². The van der Waals surface area contributed by atoms with Crippen LogP contribution in [0.1, 0.15) is 69.6 Å². The van der Waals surface area contributed by atoms with E-state index < -0.39 is 11.7 Å². The number of amides is 2. The SMILES string of the molecule is CC[C@@H](c1ccccc1)[C@@H](CNC(=O)OC(C)(C)C)C(=O)N1CCC2(CC1)c1ccccc1CCN2C. The molecule has 0 unspecified atom stereocenters. The van der Waals surface area contributed by atoms with Crippen LogP contribution in [0.15, 0.2) is 54.6 Å². The lowest BCUT2D eigenvalue weighted by Crippen LogP contribution is -2.56. The van der Waals surface area contributed by atoms with Gasteiger partial charge in [-0.3, -0.25) is 9.69 Å². The topological polar surface area (TPSA) is 61.9 Å². The van der Waals surface area contributed by atoms with Crippen molar-refractivity contribution in [1.82, 2.24) is 15.1 Å². The third-order valence-electron chi connectivity index (χ3n) is 8.20. The van der Waals surface area contributed by atoms with E-state index in [1.54, 1.807) is 0 Å². The lowest BCUT2D eigenvalue weighted by molar-refractivity contribution is -0.139. The van der Waals surface area contributed by atoms with E-state index in [0.717, 1.165) is 37.8 Å². The highest BCUT2D eigenvalue weighted by molar-refractivity contribution is 5.81. The predicted molar refractivity (Wildman–Crippen MR) is 147 cm³/mol. The fraction of sp³-hybridized carbons (Fsp3) is 0.548. The zero-order valence-corrected chi connectivity index (χ0v) is 23.1. The first-order valence-electron chi connectivity index (χ1n) is 13.7. The minimum absolute atomic E-state index is 0.0117. The van der Waals surface area contributed by atoms with Gasteiger partial charge in [0.15, 0.2) is 0 Å². The molecule has 0 bridgehead atoms. The van der Waals surface area contributed by atoms with Gasteiger partial charge < -0.3 is 15.0 Å². The predicted octanol–water partition coefficient (Wildman–Crippen LogP) is 5.33.